The number of carbonyl (C=O) groups excluding carboxylic acids is 1. The molecular weight excluding hydrogens is 433 g/mol. The predicted octanol–water partition coefficient (Wildman–Crippen LogP) is 2.99. The maximum atomic E-state index is 13.1. The van der Waals surface area contributed by atoms with Gasteiger partial charge in [-0.25, -0.2) is 12.8 Å². The Morgan fingerprint density at radius 1 is 1.06 bits per heavy atom. The van der Waals surface area contributed by atoms with E-state index in [0.29, 0.717) is 29.8 Å². The number of ketones is 1. The van der Waals surface area contributed by atoms with Crippen LogP contribution < -0.4 is 0 Å². The highest BCUT2D eigenvalue weighted by Crippen LogP contribution is 2.27. The lowest BCUT2D eigenvalue weighted by atomic mass is 9.89. The van der Waals surface area contributed by atoms with Crippen LogP contribution in [0.15, 0.2) is 58.6 Å². The van der Waals surface area contributed by atoms with E-state index in [-0.39, 0.29) is 29.0 Å². The highest BCUT2D eigenvalue weighted by Gasteiger charge is 2.35. The minimum Gasteiger partial charge on any atom is -0.411 e. The van der Waals surface area contributed by atoms with Gasteiger partial charge in [0, 0.05) is 23.6 Å². The number of oxime groups is 1. The first-order chi connectivity index (χ1) is 15.4. The third-order valence-corrected chi connectivity index (χ3v) is 8.13. The van der Waals surface area contributed by atoms with Gasteiger partial charge < -0.3 is 10.1 Å². The second-order valence-electron chi connectivity index (χ2n) is 8.22. The van der Waals surface area contributed by atoms with Gasteiger partial charge in [-0.2, -0.15) is 4.31 Å². The van der Waals surface area contributed by atoms with Crippen LogP contribution in [-0.4, -0.2) is 67.0 Å². The topological polar surface area (TPSA) is 90.3 Å². The summed E-state index contributed by atoms with van der Waals surface area (Å²) < 4.78 is 40.3. The van der Waals surface area contributed by atoms with Crippen molar-refractivity contribution in [3.63, 3.8) is 0 Å². The van der Waals surface area contributed by atoms with Crippen molar-refractivity contribution < 1.29 is 22.8 Å². The van der Waals surface area contributed by atoms with Crippen LogP contribution >= 0.6 is 0 Å². The molecule has 9 heteroatoms. The van der Waals surface area contributed by atoms with Crippen molar-refractivity contribution in [3.8, 4) is 0 Å². The monoisotopic (exact) mass is 459 g/mol. The molecule has 2 aromatic rings. The number of sulfonamides is 1. The SMILES string of the molecule is O=C(c1ccc(F)cc1)C1CCN(CCCN2CC(=NO)c3ccccc3S2(=O)=O)CC1. The van der Waals surface area contributed by atoms with Crippen molar-refractivity contribution >= 4 is 21.5 Å². The zero-order valence-electron chi connectivity index (χ0n) is 17.7. The first-order valence-corrected chi connectivity index (χ1v) is 12.2. The molecule has 2 aromatic carbocycles. The van der Waals surface area contributed by atoms with E-state index < -0.39 is 10.0 Å². The Balaban J connectivity index is 1.29. The summed E-state index contributed by atoms with van der Waals surface area (Å²) in [6, 6.07) is 12.2. The fraction of sp³-hybridized carbons (Fsp3) is 0.391. The summed E-state index contributed by atoms with van der Waals surface area (Å²) in [5, 5.41) is 12.6. The van der Waals surface area contributed by atoms with Crippen LogP contribution in [0.3, 0.4) is 0 Å². The molecule has 1 N–H and O–H groups in total. The molecule has 1 fully saturated rings. The summed E-state index contributed by atoms with van der Waals surface area (Å²) in [5.41, 5.74) is 1.33. The molecule has 0 radical (unpaired) electrons. The second kappa shape index (κ2) is 9.48. The number of halogens is 1. The second-order valence-corrected chi connectivity index (χ2v) is 10.1. The number of nitrogens with zero attached hydrogens (tertiary/aromatic N) is 3. The van der Waals surface area contributed by atoms with Crippen LogP contribution in [0.4, 0.5) is 4.39 Å². The lowest BCUT2D eigenvalue weighted by Crippen LogP contribution is -2.43. The van der Waals surface area contributed by atoms with Gasteiger partial charge in [0.15, 0.2) is 5.78 Å². The van der Waals surface area contributed by atoms with E-state index >= 15 is 0 Å². The third-order valence-electron chi connectivity index (χ3n) is 6.23. The molecule has 2 heterocycles. The largest absolute Gasteiger partial charge is 0.411 e. The van der Waals surface area contributed by atoms with Crippen molar-refractivity contribution in [2.75, 3.05) is 32.7 Å². The van der Waals surface area contributed by atoms with E-state index in [1.165, 1.54) is 34.6 Å². The lowest BCUT2D eigenvalue weighted by Gasteiger charge is -2.32. The number of likely N-dealkylation sites (tertiary alicyclic amines) is 1. The minimum atomic E-state index is -3.63. The van der Waals surface area contributed by atoms with Crippen LogP contribution in [0.1, 0.15) is 35.2 Å². The predicted molar refractivity (Wildman–Crippen MR) is 118 cm³/mol. The molecule has 0 aromatic heterocycles. The molecule has 0 amide bonds. The number of piperidine rings is 1. The Kier molecular flexibility index (Phi) is 6.68. The summed E-state index contributed by atoms with van der Waals surface area (Å²) in [7, 11) is -3.63. The van der Waals surface area contributed by atoms with Gasteiger partial charge in [-0.1, -0.05) is 23.4 Å². The molecule has 1 saturated heterocycles. The molecule has 0 aliphatic carbocycles. The first-order valence-electron chi connectivity index (χ1n) is 10.7. The lowest BCUT2D eigenvalue weighted by molar-refractivity contribution is 0.0838. The standard InChI is InChI=1S/C23H26FN3O4S/c24-19-8-6-17(7-9-19)23(28)18-10-14-26(15-11-18)12-3-13-27-16-21(25-29)20-4-1-2-5-22(20)32(27,30)31/h1-2,4-9,18,29H,3,10-16H2. The van der Waals surface area contributed by atoms with Gasteiger partial charge in [0.25, 0.3) is 0 Å². The molecule has 7 nitrogen and oxygen atoms in total. The van der Waals surface area contributed by atoms with Crippen LogP contribution in [0.25, 0.3) is 0 Å². The fourth-order valence-electron chi connectivity index (χ4n) is 4.43. The van der Waals surface area contributed by atoms with E-state index in [2.05, 4.69) is 10.1 Å². The van der Waals surface area contributed by atoms with Gasteiger partial charge in [0.1, 0.15) is 11.5 Å². The third kappa shape index (κ3) is 4.60. The van der Waals surface area contributed by atoms with Crippen LogP contribution in [-0.2, 0) is 10.0 Å². The molecule has 0 spiro atoms. The first kappa shape index (κ1) is 22.6. The van der Waals surface area contributed by atoms with E-state index in [4.69, 9.17) is 0 Å². The quantitative estimate of drug-likeness (QED) is 0.408. The van der Waals surface area contributed by atoms with Crippen molar-refractivity contribution in [1.29, 1.82) is 0 Å². The molecule has 4 rings (SSSR count). The summed E-state index contributed by atoms with van der Waals surface area (Å²) >= 11 is 0. The molecule has 0 unspecified atom stereocenters. The number of benzene rings is 2. The van der Waals surface area contributed by atoms with Gasteiger partial charge in [-0.3, -0.25) is 4.79 Å². The number of carbonyl (C=O) groups is 1. The molecule has 170 valence electrons. The number of hydrogen-bond donors (Lipinski definition) is 1. The molecule has 0 saturated carbocycles. The normalized spacial score (nSPS) is 20.8. The van der Waals surface area contributed by atoms with Crippen molar-refractivity contribution in [2.24, 2.45) is 11.1 Å². The summed E-state index contributed by atoms with van der Waals surface area (Å²) in [4.78, 5) is 15.0. The van der Waals surface area contributed by atoms with Crippen molar-refractivity contribution in [3.05, 3.63) is 65.5 Å². The molecule has 2 aliphatic heterocycles. The van der Waals surface area contributed by atoms with Crippen LogP contribution in [0.2, 0.25) is 0 Å². The maximum absolute atomic E-state index is 13.1. The summed E-state index contributed by atoms with van der Waals surface area (Å²) in [6.07, 6.45) is 2.09. The molecule has 32 heavy (non-hydrogen) atoms. The number of rotatable bonds is 6. The number of Topliss-reactive ketones (excluding diaryl/α,β-unsaturated/α-hetero) is 1. The molecule has 0 atom stereocenters. The van der Waals surface area contributed by atoms with E-state index in [0.717, 1.165) is 32.5 Å². The Bertz CT molecular complexity index is 1110. The maximum Gasteiger partial charge on any atom is 0.244 e. The van der Waals surface area contributed by atoms with Crippen molar-refractivity contribution in [1.82, 2.24) is 9.21 Å². The van der Waals surface area contributed by atoms with Crippen LogP contribution in [0, 0.1) is 11.7 Å². The van der Waals surface area contributed by atoms with Gasteiger partial charge in [-0.05, 0) is 69.2 Å². The number of hydrogen-bond acceptors (Lipinski definition) is 6. The summed E-state index contributed by atoms with van der Waals surface area (Å²) in [6.45, 7) is 2.61. The highest BCUT2D eigenvalue weighted by atomic mass is 32.2. The Hall–Kier alpha value is -2.62. The van der Waals surface area contributed by atoms with E-state index in [9.17, 15) is 22.8 Å². The molecule has 2 aliphatic rings. The van der Waals surface area contributed by atoms with Gasteiger partial charge in [0.2, 0.25) is 10.0 Å². The van der Waals surface area contributed by atoms with Gasteiger partial charge >= 0.3 is 0 Å². The molecular formula is C23H26FN3O4S. The van der Waals surface area contributed by atoms with Crippen molar-refractivity contribution in [2.45, 2.75) is 24.2 Å². The Morgan fingerprint density at radius 2 is 1.75 bits per heavy atom. The smallest absolute Gasteiger partial charge is 0.244 e. The summed E-state index contributed by atoms with van der Waals surface area (Å²) in [5.74, 6) is -0.370. The Morgan fingerprint density at radius 3 is 2.44 bits per heavy atom. The average molecular weight is 460 g/mol. The number of fused-ring (bicyclic) bond motifs is 1. The zero-order valence-corrected chi connectivity index (χ0v) is 18.5. The fourth-order valence-corrected chi connectivity index (χ4v) is 6.08. The van der Waals surface area contributed by atoms with Gasteiger partial charge in [-0.15, -0.1) is 0 Å². The Labute approximate surface area is 187 Å². The van der Waals surface area contributed by atoms with Gasteiger partial charge in [0.05, 0.1) is 11.4 Å². The van der Waals surface area contributed by atoms with E-state index in [1.54, 1.807) is 18.2 Å². The average Bonchev–Trinajstić information content (AvgIpc) is 2.81. The molecule has 0 bridgehead atoms. The van der Waals surface area contributed by atoms with Crippen LogP contribution in [0.5, 0.6) is 0 Å². The zero-order chi connectivity index (χ0) is 22.7. The minimum absolute atomic E-state index is 0.0457. The highest BCUT2D eigenvalue weighted by molar-refractivity contribution is 7.89. The van der Waals surface area contributed by atoms with E-state index in [1.807, 2.05) is 0 Å².